The fraction of sp³-hybridized carbons (Fsp3) is 0.409. The van der Waals surface area contributed by atoms with Crippen LogP contribution in [0, 0.1) is 5.92 Å². The molecule has 1 aromatic carbocycles. The number of allylic oxidation sites excluding steroid dienone is 6. The average molecular weight is 418 g/mol. The van der Waals surface area contributed by atoms with E-state index in [4.69, 9.17) is 9.47 Å². The van der Waals surface area contributed by atoms with Crippen molar-refractivity contribution in [2.75, 3.05) is 6.61 Å². The summed E-state index contributed by atoms with van der Waals surface area (Å²) in [5, 5.41) is 49.5. The van der Waals surface area contributed by atoms with E-state index in [0.717, 1.165) is 6.42 Å². The maximum Gasteiger partial charge on any atom is 0.229 e. The van der Waals surface area contributed by atoms with Crippen molar-refractivity contribution in [1.29, 1.82) is 0 Å². The Hall–Kier alpha value is -2.49. The minimum absolute atomic E-state index is 0.0552. The first kappa shape index (κ1) is 22.2. The Balaban J connectivity index is 1.80. The molecule has 8 heteroatoms. The molecule has 1 aromatic rings. The van der Waals surface area contributed by atoms with Crippen LogP contribution in [0.5, 0.6) is 11.5 Å². The summed E-state index contributed by atoms with van der Waals surface area (Å²) in [6.45, 7) is 1.39. The molecule has 2 aliphatic rings. The Labute approximate surface area is 174 Å². The van der Waals surface area contributed by atoms with Crippen LogP contribution in [0.3, 0.4) is 0 Å². The number of phenols is 1. The van der Waals surface area contributed by atoms with Gasteiger partial charge in [-0.1, -0.05) is 35.9 Å². The second-order valence-corrected chi connectivity index (χ2v) is 7.45. The lowest BCUT2D eigenvalue weighted by Gasteiger charge is -2.39. The fourth-order valence-electron chi connectivity index (χ4n) is 3.45. The Morgan fingerprint density at radius 1 is 1.23 bits per heavy atom. The van der Waals surface area contributed by atoms with E-state index >= 15 is 0 Å². The quantitative estimate of drug-likeness (QED) is 0.339. The predicted octanol–water partition coefficient (Wildman–Crippen LogP) is 0.832. The molecule has 0 saturated carbocycles. The second-order valence-electron chi connectivity index (χ2n) is 7.45. The lowest BCUT2D eigenvalue weighted by atomic mass is 9.94. The third kappa shape index (κ3) is 4.80. The van der Waals surface area contributed by atoms with Crippen molar-refractivity contribution in [2.24, 2.45) is 5.92 Å². The van der Waals surface area contributed by atoms with Crippen molar-refractivity contribution in [1.82, 2.24) is 0 Å². The molecule has 6 atom stereocenters. The molecular formula is C22H26O8. The Bertz CT molecular complexity index is 857. The third-order valence-corrected chi connectivity index (χ3v) is 5.13. The van der Waals surface area contributed by atoms with Gasteiger partial charge in [0, 0.05) is 0 Å². The van der Waals surface area contributed by atoms with Gasteiger partial charge in [-0.3, -0.25) is 4.79 Å². The van der Waals surface area contributed by atoms with Gasteiger partial charge >= 0.3 is 0 Å². The van der Waals surface area contributed by atoms with E-state index in [1.165, 1.54) is 29.8 Å². The summed E-state index contributed by atoms with van der Waals surface area (Å²) in [5.74, 6) is -0.834. The van der Waals surface area contributed by atoms with Gasteiger partial charge in [-0.15, -0.1) is 0 Å². The van der Waals surface area contributed by atoms with Gasteiger partial charge in [0.2, 0.25) is 6.29 Å². The van der Waals surface area contributed by atoms with E-state index in [0.29, 0.717) is 0 Å². The molecule has 0 amide bonds. The van der Waals surface area contributed by atoms with Gasteiger partial charge in [-0.2, -0.15) is 0 Å². The van der Waals surface area contributed by atoms with Crippen molar-refractivity contribution in [2.45, 2.75) is 44.1 Å². The summed E-state index contributed by atoms with van der Waals surface area (Å²) in [6, 6.07) is 4.19. The summed E-state index contributed by atoms with van der Waals surface area (Å²) in [4.78, 5) is 12.8. The molecule has 1 aliphatic carbocycles. The van der Waals surface area contributed by atoms with Crippen molar-refractivity contribution in [3.05, 3.63) is 59.7 Å². The molecule has 162 valence electrons. The molecule has 0 spiro atoms. The highest BCUT2D eigenvalue weighted by atomic mass is 16.7. The van der Waals surface area contributed by atoms with E-state index in [-0.39, 0.29) is 23.0 Å². The van der Waals surface area contributed by atoms with Crippen molar-refractivity contribution >= 4 is 5.78 Å². The lowest BCUT2D eigenvalue weighted by Crippen LogP contribution is -2.60. The number of benzene rings is 1. The maximum absolute atomic E-state index is 12.8. The number of carbonyl (C=O) groups excluding carboxylic acids is 1. The minimum atomic E-state index is -1.63. The van der Waals surface area contributed by atoms with Crippen LogP contribution in [0.15, 0.2) is 54.2 Å². The number of ether oxygens (including phenoxy) is 2. The van der Waals surface area contributed by atoms with Crippen LogP contribution in [0.2, 0.25) is 0 Å². The van der Waals surface area contributed by atoms with Crippen molar-refractivity contribution in [3.8, 4) is 11.5 Å². The lowest BCUT2D eigenvalue weighted by molar-refractivity contribution is -0.277. The molecular weight excluding hydrogens is 392 g/mol. The molecule has 1 fully saturated rings. The van der Waals surface area contributed by atoms with Crippen molar-refractivity contribution < 1.29 is 39.8 Å². The maximum atomic E-state index is 12.8. The van der Waals surface area contributed by atoms with Gasteiger partial charge in [-0.05, 0) is 37.5 Å². The number of hydrogen-bond donors (Lipinski definition) is 5. The van der Waals surface area contributed by atoms with E-state index in [9.17, 15) is 30.3 Å². The summed E-state index contributed by atoms with van der Waals surface area (Å²) < 4.78 is 10.9. The van der Waals surface area contributed by atoms with Gasteiger partial charge in [0.15, 0.2) is 5.78 Å². The van der Waals surface area contributed by atoms with Crippen LogP contribution in [0.4, 0.5) is 0 Å². The fourth-order valence-corrected chi connectivity index (χ4v) is 3.45. The van der Waals surface area contributed by atoms with Gasteiger partial charge in [0.25, 0.3) is 0 Å². The highest BCUT2D eigenvalue weighted by Crippen LogP contribution is 2.32. The van der Waals surface area contributed by atoms with E-state index in [1.807, 2.05) is 25.2 Å². The number of phenolic OH excluding ortho intramolecular Hbond substituents is 1. The third-order valence-electron chi connectivity index (χ3n) is 5.13. The number of ketones is 1. The standard InChI is InChI=1S/C22H26O8/c1-12-4-2-5-13(10-12)8-9-15(25)18-14(24)6-3-7-16(18)29-22-21(28)20(27)19(26)17(11-23)30-22/h2-9,13,17,19-24,26-28H,10-11H2,1H3/t13?,17-,19-,20+,21-,22-/m1/s1. The smallest absolute Gasteiger partial charge is 0.229 e. The van der Waals surface area contributed by atoms with Crippen LogP contribution in [-0.2, 0) is 4.74 Å². The molecule has 1 aliphatic heterocycles. The van der Waals surface area contributed by atoms with Crippen LogP contribution in [-0.4, -0.2) is 68.6 Å². The van der Waals surface area contributed by atoms with Crippen LogP contribution < -0.4 is 4.74 Å². The molecule has 8 nitrogen and oxygen atoms in total. The monoisotopic (exact) mass is 418 g/mol. The summed E-state index contributed by atoms with van der Waals surface area (Å²) in [6.07, 6.45) is 2.36. The van der Waals surface area contributed by atoms with Crippen LogP contribution >= 0.6 is 0 Å². The van der Waals surface area contributed by atoms with Gasteiger partial charge in [0.05, 0.1) is 6.61 Å². The number of rotatable bonds is 6. The Kier molecular flexibility index (Phi) is 7.06. The Morgan fingerprint density at radius 3 is 2.70 bits per heavy atom. The average Bonchev–Trinajstić information content (AvgIpc) is 2.72. The van der Waals surface area contributed by atoms with Crippen molar-refractivity contribution in [3.63, 3.8) is 0 Å². The van der Waals surface area contributed by atoms with E-state index in [2.05, 4.69) is 0 Å². The summed E-state index contributed by atoms with van der Waals surface area (Å²) in [7, 11) is 0. The van der Waals surface area contributed by atoms with E-state index < -0.39 is 43.1 Å². The first-order chi connectivity index (χ1) is 14.3. The van der Waals surface area contributed by atoms with Gasteiger partial charge in [0.1, 0.15) is 41.5 Å². The van der Waals surface area contributed by atoms with Crippen LogP contribution in [0.25, 0.3) is 0 Å². The molecule has 1 saturated heterocycles. The molecule has 3 rings (SSSR count). The molecule has 5 N–H and O–H groups in total. The molecule has 1 heterocycles. The summed E-state index contributed by atoms with van der Waals surface area (Å²) in [5.41, 5.74) is 1.06. The number of hydrogen-bond acceptors (Lipinski definition) is 8. The zero-order chi connectivity index (χ0) is 21.8. The van der Waals surface area contributed by atoms with E-state index in [1.54, 1.807) is 6.08 Å². The number of aromatic hydroxyl groups is 1. The van der Waals surface area contributed by atoms with Crippen LogP contribution in [0.1, 0.15) is 23.7 Å². The molecule has 0 aromatic heterocycles. The largest absolute Gasteiger partial charge is 0.507 e. The number of carbonyl (C=O) groups is 1. The highest BCUT2D eigenvalue weighted by molar-refractivity contribution is 6.08. The molecule has 0 radical (unpaired) electrons. The highest BCUT2D eigenvalue weighted by Gasteiger charge is 2.45. The first-order valence-corrected chi connectivity index (χ1v) is 9.67. The zero-order valence-electron chi connectivity index (χ0n) is 16.5. The molecule has 0 bridgehead atoms. The zero-order valence-corrected chi connectivity index (χ0v) is 16.5. The SMILES string of the molecule is CC1=CC=CC(C=CC(=O)c2c(O)cccc2O[C@@H]2O[C@H](CO)[C@@H](O)[C@H](O)[C@H]2O)C1. The number of aliphatic hydroxyl groups excluding tert-OH is 4. The van der Waals surface area contributed by atoms with Gasteiger partial charge in [-0.25, -0.2) is 0 Å². The topological polar surface area (TPSA) is 137 Å². The van der Waals surface area contributed by atoms with Gasteiger partial charge < -0.3 is 35.0 Å². The summed E-state index contributed by atoms with van der Waals surface area (Å²) >= 11 is 0. The molecule has 1 unspecified atom stereocenters. The number of aliphatic hydroxyl groups is 4. The Morgan fingerprint density at radius 2 is 2.00 bits per heavy atom. The first-order valence-electron chi connectivity index (χ1n) is 9.67. The minimum Gasteiger partial charge on any atom is -0.507 e. The predicted molar refractivity (Wildman–Crippen MR) is 107 cm³/mol. The molecule has 30 heavy (non-hydrogen) atoms. The normalized spacial score (nSPS) is 31.6. The second kappa shape index (κ2) is 9.55.